The zero-order chi connectivity index (χ0) is 17.1. The van der Waals surface area contributed by atoms with Gasteiger partial charge in [0.25, 0.3) is 0 Å². The van der Waals surface area contributed by atoms with E-state index in [-0.39, 0.29) is 5.82 Å². The summed E-state index contributed by atoms with van der Waals surface area (Å²) < 4.78 is 19.6. The Morgan fingerprint density at radius 1 is 1.21 bits per heavy atom. The molecular weight excluding hydrogens is 327 g/mol. The minimum Gasteiger partial charge on any atom is -0.495 e. The first kappa shape index (κ1) is 16.8. The number of anilines is 1. The minimum atomic E-state index is -0.197. The van der Waals surface area contributed by atoms with Crippen LogP contribution < -0.4 is 9.64 Å². The van der Waals surface area contributed by atoms with E-state index < -0.39 is 0 Å². The lowest BCUT2D eigenvalue weighted by Gasteiger charge is -2.19. The molecule has 1 fully saturated rings. The fraction of sp³-hybridized carbons (Fsp3) is 0.316. The first-order chi connectivity index (χ1) is 11.6. The van der Waals surface area contributed by atoms with Crippen LogP contribution in [0.25, 0.3) is 0 Å². The van der Waals surface area contributed by atoms with Crippen LogP contribution in [-0.4, -0.2) is 26.4 Å². The third kappa shape index (κ3) is 3.54. The van der Waals surface area contributed by atoms with E-state index >= 15 is 0 Å². The van der Waals surface area contributed by atoms with Crippen LogP contribution in [-0.2, 0) is 0 Å². The van der Waals surface area contributed by atoms with Gasteiger partial charge in [-0.2, -0.15) is 0 Å². The van der Waals surface area contributed by atoms with Gasteiger partial charge in [0.15, 0.2) is 0 Å². The SMILES string of the molecule is COc1ccc(N=Cc2cc(F)c(N3CCCC3)cc2C)cc1Cl. The van der Waals surface area contributed by atoms with Gasteiger partial charge in [-0.05, 0) is 61.2 Å². The number of nitrogens with zero attached hydrogens (tertiary/aromatic N) is 2. The smallest absolute Gasteiger partial charge is 0.147 e. The normalized spacial score (nSPS) is 14.6. The summed E-state index contributed by atoms with van der Waals surface area (Å²) in [4.78, 5) is 6.50. The predicted molar refractivity (Wildman–Crippen MR) is 97.8 cm³/mol. The summed E-state index contributed by atoms with van der Waals surface area (Å²) in [5.41, 5.74) is 3.16. The maximum atomic E-state index is 14.4. The fourth-order valence-electron chi connectivity index (χ4n) is 2.90. The quantitative estimate of drug-likeness (QED) is 0.715. The van der Waals surface area contributed by atoms with Crippen molar-refractivity contribution < 1.29 is 9.13 Å². The van der Waals surface area contributed by atoms with Gasteiger partial charge in [0, 0.05) is 19.3 Å². The van der Waals surface area contributed by atoms with Crippen LogP contribution in [0.2, 0.25) is 5.02 Å². The molecule has 1 aliphatic heterocycles. The molecule has 0 spiro atoms. The van der Waals surface area contributed by atoms with Gasteiger partial charge in [-0.15, -0.1) is 0 Å². The monoisotopic (exact) mass is 346 g/mol. The highest BCUT2D eigenvalue weighted by Crippen LogP contribution is 2.29. The van der Waals surface area contributed by atoms with Crippen molar-refractivity contribution in [3.05, 3.63) is 52.3 Å². The molecule has 0 aromatic heterocycles. The fourth-order valence-corrected chi connectivity index (χ4v) is 3.15. The van der Waals surface area contributed by atoms with Gasteiger partial charge in [-0.25, -0.2) is 4.39 Å². The maximum Gasteiger partial charge on any atom is 0.147 e. The molecule has 2 aromatic carbocycles. The highest BCUT2D eigenvalue weighted by atomic mass is 35.5. The largest absolute Gasteiger partial charge is 0.495 e. The number of hydrogen-bond donors (Lipinski definition) is 0. The molecule has 0 atom stereocenters. The topological polar surface area (TPSA) is 24.8 Å². The molecule has 5 heteroatoms. The van der Waals surface area contributed by atoms with E-state index in [0.717, 1.165) is 37.1 Å². The highest BCUT2D eigenvalue weighted by Gasteiger charge is 2.17. The molecule has 2 aromatic rings. The van der Waals surface area contributed by atoms with E-state index in [4.69, 9.17) is 16.3 Å². The Balaban J connectivity index is 1.84. The number of aliphatic imine (C=N–C) groups is 1. The van der Waals surface area contributed by atoms with Gasteiger partial charge in [-0.3, -0.25) is 4.99 Å². The van der Waals surface area contributed by atoms with E-state index in [1.807, 2.05) is 19.1 Å². The molecule has 0 amide bonds. The Hall–Kier alpha value is -2.07. The predicted octanol–water partition coefficient (Wildman–Crippen LogP) is 5.15. The minimum absolute atomic E-state index is 0.197. The number of hydrogen-bond acceptors (Lipinski definition) is 3. The Morgan fingerprint density at radius 2 is 1.96 bits per heavy atom. The summed E-state index contributed by atoms with van der Waals surface area (Å²) in [6.45, 7) is 3.82. The van der Waals surface area contributed by atoms with E-state index in [1.54, 1.807) is 31.5 Å². The van der Waals surface area contributed by atoms with E-state index in [2.05, 4.69) is 9.89 Å². The van der Waals surface area contributed by atoms with Gasteiger partial charge in [0.05, 0.1) is 23.5 Å². The van der Waals surface area contributed by atoms with Crippen molar-refractivity contribution in [2.75, 3.05) is 25.1 Å². The van der Waals surface area contributed by atoms with Gasteiger partial charge in [0.2, 0.25) is 0 Å². The molecule has 0 radical (unpaired) electrons. The summed E-state index contributed by atoms with van der Waals surface area (Å²) in [5.74, 6) is 0.407. The number of halogens is 2. The molecule has 1 saturated heterocycles. The van der Waals surface area contributed by atoms with Crippen LogP contribution >= 0.6 is 11.6 Å². The van der Waals surface area contributed by atoms with Gasteiger partial charge >= 0.3 is 0 Å². The molecule has 1 aliphatic rings. The van der Waals surface area contributed by atoms with E-state index in [1.165, 1.54) is 0 Å². The Bertz CT molecular complexity index is 770. The van der Waals surface area contributed by atoms with Crippen molar-refractivity contribution in [1.82, 2.24) is 0 Å². The third-order valence-corrected chi connectivity index (χ3v) is 4.57. The van der Waals surface area contributed by atoms with Crippen molar-refractivity contribution >= 4 is 29.2 Å². The molecule has 0 aliphatic carbocycles. The molecule has 3 rings (SSSR count). The maximum absolute atomic E-state index is 14.4. The number of methoxy groups -OCH3 is 1. The van der Waals surface area contributed by atoms with Crippen LogP contribution in [0.3, 0.4) is 0 Å². The zero-order valence-electron chi connectivity index (χ0n) is 13.9. The van der Waals surface area contributed by atoms with Gasteiger partial charge < -0.3 is 9.64 Å². The van der Waals surface area contributed by atoms with Crippen LogP contribution in [0.4, 0.5) is 15.8 Å². The molecular formula is C19H20ClFN2O. The average Bonchev–Trinajstić information content (AvgIpc) is 3.09. The van der Waals surface area contributed by atoms with Crippen LogP contribution in [0.1, 0.15) is 24.0 Å². The van der Waals surface area contributed by atoms with Crippen LogP contribution in [0.5, 0.6) is 5.75 Å². The van der Waals surface area contributed by atoms with Crippen molar-refractivity contribution in [2.24, 2.45) is 4.99 Å². The van der Waals surface area contributed by atoms with Crippen molar-refractivity contribution in [3.63, 3.8) is 0 Å². The number of aryl methyl sites for hydroxylation is 1. The van der Waals surface area contributed by atoms with Gasteiger partial charge in [-0.1, -0.05) is 11.6 Å². The first-order valence-electron chi connectivity index (χ1n) is 8.01. The molecule has 0 bridgehead atoms. The third-order valence-electron chi connectivity index (χ3n) is 4.27. The summed E-state index contributed by atoms with van der Waals surface area (Å²) in [6, 6.07) is 8.76. The molecule has 24 heavy (non-hydrogen) atoms. The molecule has 1 heterocycles. The number of rotatable bonds is 4. The lowest BCUT2D eigenvalue weighted by atomic mass is 10.1. The molecule has 126 valence electrons. The zero-order valence-corrected chi connectivity index (χ0v) is 14.6. The van der Waals surface area contributed by atoms with E-state index in [9.17, 15) is 4.39 Å². The summed E-state index contributed by atoms with van der Waals surface area (Å²) in [7, 11) is 1.57. The standard InChI is InChI=1S/C19H20ClFN2O/c1-13-9-18(23-7-3-4-8-23)17(21)10-14(13)12-22-15-5-6-19(24-2)16(20)11-15/h5-6,9-12H,3-4,7-8H2,1-2H3. The lowest BCUT2D eigenvalue weighted by Crippen LogP contribution is -2.19. The second-order valence-corrected chi connectivity index (χ2v) is 6.34. The molecule has 3 nitrogen and oxygen atoms in total. The summed E-state index contributed by atoms with van der Waals surface area (Å²) in [6.07, 6.45) is 3.92. The number of ether oxygens (including phenoxy) is 1. The second-order valence-electron chi connectivity index (χ2n) is 5.93. The Kier molecular flexibility index (Phi) is 5.05. The first-order valence-corrected chi connectivity index (χ1v) is 8.39. The van der Waals surface area contributed by atoms with Crippen LogP contribution in [0, 0.1) is 12.7 Å². The lowest BCUT2D eigenvalue weighted by molar-refractivity contribution is 0.415. The summed E-state index contributed by atoms with van der Waals surface area (Å²) in [5, 5.41) is 0.499. The highest BCUT2D eigenvalue weighted by molar-refractivity contribution is 6.32. The number of benzene rings is 2. The van der Waals surface area contributed by atoms with Crippen LogP contribution in [0.15, 0.2) is 35.3 Å². The van der Waals surface area contributed by atoms with E-state index in [0.29, 0.717) is 22.1 Å². The molecule has 0 N–H and O–H groups in total. The van der Waals surface area contributed by atoms with Gasteiger partial charge in [0.1, 0.15) is 11.6 Å². The van der Waals surface area contributed by atoms with Crippen molar-refractivity contribution in [1.29, 1.82) is 0 Å². The molecule has 0 saturated carbocycles. The Morgan fingerprint density at radius 3 is 2.62 bits per heavy atom. The van der Waals surface area contributed by atoms with Crippen molar-refractivity contribution in [2.45, 2.75) is 19.8 Å². The Labute approximate surface area is 146 Å². The second kappa shape index (κ2) is 7.22. The molecule has 0 unspecified atom stereocenters. The average molecular weight is 347 g/mol. The van der Waals surface area contributed by atoms with Crippen molar-refractivity contribution in [3.8, 4) is 5.75 Å². The summed E-state index contributed by atoms with van der Waals surface area (Å²) >= 11 is 6.10.